The largest absolute Gasteiger partial charge is 0.437 e. The molecule has 166 valence electrons. The Morgan fingerprint density at radius 1 is 1.29 bits per heavy atom. The molecule has 9 nitrogen and oxygen atoms in total. The topological polar surface area (TPSA) is 135 Å². The highest BCUT2D eigenvalue weighted by Crippen LogP contribution is 2.28. The molecule has 1 aromatic heterocycles. The van der Waals surface area contributed by atoms with Gasteiger partial charge in [-0.05, 0) is 31.9 Å². The van der Waals surface area contributed by atoms with Crippen molar-refractivity contribution in [2.45, 2.75) is 51.5 Å². The Morgan fingerprint density at radius 3 is 2.55 bits per heavy atom. The van der Waals surface area contributed by atoms with Crippen molar-refractivity contribution in [1.29, 1.82) is 0 Å². The molecule has 1 aromatic carbocycles. The molecular weight excluding hydrogens is 420 g/mol. The van der Waals surface area contributed by atoms with Gasteiger partial charge in [-0.2, -0.15) is 0 Å². The molecule has 1 aliphatic heterocycles. The van der Waals surface area contributed by atoms with Crippen LogP contribution < -0.4 is 11.1 Å². The molecule has 2 aromatic rings. The minimum Gasteiger partial charge on any atom is -0.437 e. The number of rotatable bonds is 6. The number of hydrogen-bond donors (Lipinski definition) is 3. The number of hydrogen-bond acceptors (Lipinski definition) is 7. The monoisotopic (exact) mass is 446 g/mol. The number of aliphatic hydroxyl groups excluding tert-OH is 1. The lowest BCUT2D eigenvalue weighted by atomic mass is 10.0. The summed E-state index contributed by atoms with van der Waals surface area (Å²) in [5.41, 5.74) is 9.70. The quantitative estimate of drug-likeness (QED) is 0.619. The number of aliphatic hydroxyl groups is 1. The highest BCUT2D eigenvalue weighted by molar-refractivity contribution is 7.13. The van der Waals surface area contributed by atoms with Gasteiger partial charge >= 0.3 is 6.09 Å². The summed E-state index contributed by atoms with van der Waals surface area (Å²) < 4.78 is 4.72. The zero-order chi connectivity index (χ0) is 22.7. The molecule has 0 spiro atoms. The molecule has 0 unspecified atom stereocenters. The lowest BCUT2D eigenvalue weighted by Gasteiger charge is -2.27. The van der Waals surface area contributed by atoms with Crippen LogP contribution in [-0.2, 0) is 14.3 Å². The van der Waals surface area contributed by atoms with Crippen molar-refractivity contribution < 1.29 is 24.2 Å². The zero-order valence-corrected chi connectivity index (χ0v) is 18.4. The van der Waals surface area contributed by atoms with Crippen molar-refractivity contribution >= 4 is 29.2 Å². The van der Waals surface area contributed by atoms with E-state index >= 15 is 0 Å². The third-order valence-corrected chi connectivity index (χ3v) is 6.26. The zero-order valence-electron chi connectivity index (χ0n) is 17.6. The van der Waals surface area contributed by atoms with E-state index in [9.17, 15) is 19.5 Å². The Balaban J connectivity index is 1.67. The first-order chi connectivity index (χ1) is 14.7. The Kier molecular flexibility index (Phi) is 6.91. The Bertz CT molecular complexity index is 961. The molecule has 1 saturated heterocycles. The average Bonchev–Trinajstić information content (AvgIpc) is 3.32. The van der Waals surface area contributed by atoms with Gasteiger partial charge in [-0.3, -0.25) is 9.59 Å². The summed E-state index contributed by atoms with van der Waals surface area (Å²) in [6.07, 6.45) is -2.94. The second kappa shape index (κ2) is 9.44. The lowest BCUT2D eigenvalue weighted by molar-refractivity contribution is -0.144. The highest BCUT2D eigenvalue weighted by Gasteiger charge is 2.41. The minimum absolute atomic E-state index is 0.0132. The van der Waals surface area contributed by atoms with Gasteiger partial charge in [0, 0.05) is 13.0 Å². The number of aryl methyl sites for hydroxylation is 1. The maximum Gasteiger partial charge on any atom is 0.405 e. The standard InChI is InChI=1S/C21H26N4O5S/c1-11(14-4-6-15(7-5-14)18-12(2)23-10-31-18)24-19(27)17-8-16(26)9-25(17)20(28)13(3)30-21(22)29/h4-7,10-11,13,16-17,26H,8-9H2,1-3H3,(H2,22,29)(H,24,27)/t11-,13-,16+,17-/m0/s1. The van der Waals surface area contributed by atoms with E-state index in [2.05, 4.69) is 10.3 Å². The fourth-order valence-electron chi connectivity index (χ4n) is 3.66. The summed E-state index contributed by atoms with van der Waals surface area (Å²) in [5, 5.41) is 12.9. The van der Waals surface area contributed by atoms with Crippen molar-refractivity contribution in [2.75, 3.05) is 6.54 Å². The third kappa shape index (κ3) is 5.20. The number of ether oxygens (including phenoxy) is 1. The van der Waals surface area contributed by atoms with Gasteiger partial charge in [0.15, 0.2) is 6.10 Å². The number of thiazole rings is 1. The molecule has 0 radical (unpaired) electrons. The normalized spacial score (nSPS) is 20.2. The van der Waals surface area contributed by atoms with Crippen LogP contribution >= 0.6 is 11.3 Å². The molecule has 3 rings (SSSR count). The van der Waals surface area contributed by atoms with Gasteiger partial charge in [-0.25, -0.2) is 9.78 Å². The maximum atomic E-state index is 12.9. The van der Waals surface area contributed by atoms with Crippen LogP contribution in [0.5, 0.6) is 0 Å². The number of amides is 3. The number of β-amino-alcohol motifs (C(OH)–C–C–N with tert-alkyl or cyclic N) is 1. The van der Waals surface area contributed by atoms with Crippen LogP contribution in [0.1, 0.15) is 37.6 Å². The predicted octanol–water partition coefficient (Wildman–Crippen LogP) is 1.74. The van der Waals surface area contributed by atoms with Gasteiger partial charge in [0.05, 0.1) is 28.2 Å². The molecule has 4 atom stereocenters. The van der Waals surface area contributed by atoms with Gasteiger partial charge < -0.3 is 25.8 Å². The van der Waals surface area contributed by atoms with Gasteiger partial charge in [-0.1, -0.05) is 24.3 Å². The van der Waals surface area contributed by atoms with Crippen LogP contribution in [0.15, 0.2) is 29.8 Å². The van der Waals surface area contributed by atoms with Gasteiger partial charge in [-0.15, -0.1) is 11.3 Å². The molecule has 31 heavy (non-hydrogen) atoms. The van der Waals surface area contributed by atoms with Crippen molar-refractivity contribution in [1.82, 2.24) is 15.2 Å². The fraction of sp³-hybridized carbons (Fsp3) is 0.429. The highest BCUT2D eigenvalue weighted by atomic mass is 32.1. The van der Waals surface area contributed by atoms with Crippen molar-refractivity contribution in [3.05, 3.63) is 41.0 Å². The van der Waals surface area contributed by atoms with Crippen molar-refractivity contribution in [2.24, 2.45) is 5.73 Å². The van der Waals surface area contributed by atoms with Gasteiger partial charge in [0.1, 0.15) is 6.04 Å². The summed E-state index contributed by atoms with van der Waals surface area (Å²) in [5.74, 6) is -0.960. The second-order valence-corrected chi connectivity index (χ2v) is 8.45. The summed E-state index contributed by atoms with van der Waals surface area (Å²) in [6, 6.07) is 6.68. The van der Waals surface area contributed by atoms with E-state index in [1.807, 2.05) is 38.1 Å². The first kappa shape index (κ1) is 22.7. The molecule has 1 fully saturated rings. The van der Waals surface area contributed by atoms with Crippen LogP contribution in [0.4, 0.5) is 4.79 Å². The SMILES string of the molecule is Cc1ncsc1-c1ccc([C@H](C)NC(=O)[C@@H]2C[C@@H](O)CN2C(=O)[C@H](C)OC(N)=O)cc1. The average molecular weight is 447 g/mol. The van der Waals surface area contributed by atoms with Gasteiger partial charge in [0.25, 0.3) is 5.91 Å². The number of likely N-dealkylation sites (tertiary alicyclic amines) is 1. The van der Waals surface area contributed by atoms with Crippen LogP contribution in [0.25, 0.3) is 10.4 Å². The van der Waals surface area contributed by atoms with Gasteiger partial charge in [0.2, 0.25) is 5.91 Å². The van der Waals surface area contributed by atoms with Crippen LogP contribution in [0.3, 0.4) is 0 Å². The number of primary amides is 1. The Hall–Kier alpha value is -2.98. The molecule has 2 heterocycles. The van der Waals surface area contributed by atoms with Crippen LogP contribution in [-0.4, -0.2) is 57.7 Å². The Labute approximate surface area is 184 Å². The predicted molar refractivity (Wildman–Crippen MR) is 115 cm³/mol. The summed E-state index contributed by atoms with van der Waals surface area (Å²) >= 11 is 1.57. The van der Waals surface area contributed by atoms with Crippen LogP contribution in [0, 0.1) is 6.92 Å². The molecule has 4 N–H and O–H groups in total. The summed E-state index contributed by atoms with van der Waals surface area (Å²) in [6.45, 7) is 5.17. The van der Waals surface area contributed by atoms with E-state index < -0.39 is 30.3 Å². The van der Waals surface area contributed by atoms with E-state index in [0.717, 1.165) is 21.7 Å². The lowest BCUT2D eigenvalue weighted by Crippen LogP contribution is -2.50. The Morgan fingerprint density at radius 2 is 1.97 bits per heavy atom. The van der Waals surface area contributed by atoms with E-state index in [1.54, 1.807) is 16.8 Å². The molecule has 3 amide bonds. The minimum atomic E-state index is -1.14. The van der Waals surface area contributed by atoms with E-state index in [0.29, 0.717) is 0 Å². The molecule has 1 aliphatic rings. The van der Waals surface area contributed by atoms with E-state index in [1.165, 1.54) is 11.8 Å². The number of nitrogens with one attached hydrogen (secondary N) is 1. The van der Waals surface area contributed by atoms with Crippen molar-refractivity contribution in [3.8, 4) is 10.4 Å². The number of nitrogens with two attached hydrogens (primary N) is 1. The molecule has 0 bridgehead atoms. The third-order valence-electron chi connectivity index (χ3n) is 5.28. The number of nitrogens with zero attached hydrogens (tertiary/aromatic N) is 2. The first-order valence-corrected chi connectivity index (χ1v) is 10.8. The number of benzene rings is 1. The molecule has 10 heteroatoms. The smallest absolute Gasteiger partial charge is 0.405 e. The molecular formula is C21H26N4O5S. The number of carbonyl (C=O) groups is 3. The van der Waals surface area contributed by atoms with Crippen molar-refractivity contribution in [3.63, 3.8) is 0 Å². The van der Waals surface area contributed by atoms with E-state index in [-0.39, 0.29) is 24.9 Å². The number of aromatic nitrogens is 1. The first-order valence-electron chi connectivity index (χ1n) is 9.92. The molecule has 0 aliphatic carbocycles. The summed E-state index contributed by atoms with van der Waals surface area (Å²) in [4.78, 5) is 43.0. The van der Waals surface area contributed by atoms with E-state index in [4.69, 9.17) is 10.5 Å². The summed E-state index contributed by atoms with van der Waals surface area (Å²) in [7, 11) is 0. The van der Waals surface area contributed by atoms with Crippen LogP contribution in [0.2, 0.25) is 0 Å². The fourth-order valence-corrected chi connectivity index (χ4v) is 4.47. The number of carbonyl (C=O) groups excluding carboxylic acids is 3. The second-order valence-electron chi connectivity index (χ2n) is 7.59. The molecule has 0 saturated carbocycles. The maximum absolute atomic E-state index is 12.9.